The summed E-state index contributed by atoms with van der Waals surface area (Å²) in [6.45, 7) is 2.44. The molecule has 1 aliphatic heterocycles. The predicted octanol–water partition coefficient (Wildman–Crippen LogP) is -1.27. The monoisotopic (exact) mass is 185 g/mol. The van der Waals surface area contributed by atoms with Gasteiger partial charge in [0.15, 0.2) is 0 Å². The van der Waals surface area contributed by atoms with Crippen LogP contribution in [-0.4, -0.2) is 30.4 Å². The van der Waals surface area contributed by atoms with Gasteiger partial charge in [0, 0.05) is 0 Å². The summed E-state index contributed by atoms with van der Waals surface area (Å²) in [7, 11) is 0. The second-order valence-corrected chi connectivity index (χ2v) is 3.28. The van der Waals surface area contributed by atoms with Crippen molar-refractivity contribution in [3.63, 3.8) is 0 Å². The maximum absolute atomic E-state index is 11.4. The topological polar surface area (TPSA) is 84.2 Å². The van der Waals surface area contributed by atoms with Crippen molar-refractivity contribution in [2.75, 3.05) is 6.54 Å². The second-order valence-electron chi connectivity index (χ2n) is 3.28. The lowest BCUT2D eigenvalue weighted by molar-refractivity contribution is -0.128. The van der Waals surface area contributed by atoms with Crippen molar-refractivity contribution >= 4 is 11.8 Å². The smallest absolute Gasteiger partial charge is 0.239 e. The molecule has 0 saturated carbocycles. The SMILES string of the molecule is C[C@H](NC(=O)C1CCCN1)C(N)=O. The molecule has 1 rings (SSSR count). The highest BCUT2D eigenvalue weighted by atomic mass is 16.2. The molecule has 0 radical (unpaired) electrons. The zero-order valence-electron chi connectivity index (χ0n) is 7.67. The number of hydrogen-bond acceptors (Lipinski definition) is 3. The number of hydrogen-bond donors (Lipinski definition) is 3. The zero-order chi connectivity index (χ0) is 9.84. The van der Waals surface area contributed by atoms with E-state index in [0.29, 0.717) is 0 Å². The summed E-state index contributed by atoms with van der Waals surface area (Å²) in [6.07, 6.45) is 1.83. The molecule has 0 bridgehead atoms. The number of nitrogens with one attached hydrogen (secondary N) is 2. The molecular weight excluding hydrogens is 170 g/mol. The Bertz CT molecular complexity index is 211. The predicted molar refractivity (Wildman–Crippen MR) is 47.8 cm³/mol. The molecule has 2 amide bonds. The Morgan fingerprint density at radius 2 is 2.31 bits per heavy atom. The lowest BCUT2D eigenvalue weighted by atomic mass is 10.2. The number of nitrogens with two attached hydrogens (primary N) is 1. The summed E-state index contributed by atoms with van der Waals surface area (Å²) in [6, 6.07) is -0.739. The fourth-order valence-corrected chi connectivity index (χ4v) is 1.29. The molecule has 1 aliphatic rings. The molecule has 5 heteroatoms. The fourth-order valence-electron chi connectivity index (χ4n) is 1.29. The maximum atomic E-state index is 11.4. The summed E-state index contributed by atoms with van der Waals surface area (Å²) in [5, 5.41) is 5.58. The van der Waals surface area contributed by atoms with E-state index in [9.17, 15) is 9.59 Å². The quantitative estimate of drug-likeness (QED) is 0.512. The van der Waals surface area contributed by atoms with E-state index in [1.165, 1.54) is 0 Å². The molecule has 1 fully saturated rings. The van der Waals surface area contributed by atoms with Crippen LogP contribution in [0.2, 0.25) is 0 Å². The highest BCUT2D eigenvalue weighted by molar-refractivity contribution is 5.88. The minimum absolute atomic E-state index is 0.135. The van der Waals surface area contributed by atoms with Crippen molar-refractivity contribution in [1.82, 2.24) is 10.6 Å². The van der Waals surface area contributed by atoms with Crippen LogP contribution in [0.4, 0.5) is 0 Å². The summed E-state index contributed by atoms with van der Waals surface area (Å²) >= 11 is 0. The lowest BCUT2D eigenvalue weighted by Crippen LogP contribution is -2.48. The molecule has 5 nitrogen and oxygen atoms in total. The van der Waals surface area contributed by atoms with E-state index in [0.717, 1.165) is 19.4 Å². The van der Waals surface area contributed by atoms with Gasteiger partial charge >= 0.3 is 0 Å². The molecule has 74 valence electrons. The Hall–Kier alpha value is -1.10. The van der Waals surface area contributed by atoms with Crippen molar-refractivity contribution in [2.45, 2.75) is 31.8 Å². The van der Waals surface area contributed by atoms with Crippen molar-refractivity contribution in [3.05, 3.63) is 0 Å². The summed E-state index contributed by atoms with van der Waals surface area (Å²) in [4.78, 5) is 22.0. The first-order valence-corrected chi connectivity index (χ1v) is 4.44. The number of primary amides is 1. The molecule has 13 heavy (non-hydrogen) atoms. The Morgan fingerprint density at radius 1 is 1.62 bits per heavy atom. The van der Waals surface area contributed by atoms with E-state index in [1.807, 2.05) is 0 Å². The minimum atomic E-state index is -0.588. The fraction of sp³-hybridized carbons (Fsp3) is 0.750. The van der Waals surface area contributed by atoms with Crippen LogP contribution in [0.15, 0.2) is 0 Å². The molecule has 0 spiro atoms. The first-order chi connectivity index (χ1) is 6.11. The van der Waals surface area contributed by atoms with Crippen molar-refractivity contribution in [3.8, 4) is 0 Å². The third kappa shape index (κ3) is 2.69. The van der Waals surface area contributed by atoms with E-state index in [1.54, 1.807) is 6.92 Å². The summed E-state index contributed by atoms with van der Waals surface area (Å²) < 4.78 is 0. The Balaban J connectivity index is 2.35. The van der Waals surface area contributed by atoms with E-state index in [4.69, 9.17) is 5.73 Å². The van der Waals surface area contributed by atoms with Crippen molar-refractivity contribution in [2.24, 2.45) is 5.73 Å². The first-order valence-electron chi connectivity index (χ1n) is 4.44. The Labute approximate surface area is 77.1 Å². The normalized spacial score (nSPS) is 23.9. The van der Waals surface area contributed by atoms with Crippen LogP contribution >= 0.6 is 0 Å². The standard InChI is InChI=1S/C8H15N3O2/c1-5(7(9)12)11-8(13)6-3-2-4-10-6/h5-6,10H,2-4H2,1H3,(H2,9,12)(H,11,13)/t5-,6?/m0/s1. The van der Waals surface area contributed by atoms with E-state index in [-0.39, 0.29) is 11.9 Å². The van der Waals surface area contributed by atoms with Crippen LogP contribution in [-0.2, 0) is 9.59 Å². The number of amides is 2. The van der Waals surface area contributed by atoms with Crippen LogP contribution in [0.25, 0.3) is 0 Å². The molecule has 0 aromatic rings. The summed E-state index contributed by atoms with van der Waals surface area (Å²) in [5.41, 5.74) is 5.01. The highest BCUT2D eigenvalue weighted by Gasteiger charge is 2.23. The molecule has 1 unspecified atom stereocenters. The maximum Gasteiger partial charge on any atom is 0.239 e. The van der Waals surface area contributed by atoms with Gasteiger partial charge in [0.25, 0.3) is 0 Å². The Morgan fingerprint density at radius 3 is 2.77 bits per heavy atom. The van der Waals surface area contributed by atoms with Crippen LogP contribution in [0.3, 0.4) is 0 Å². The third-order valence-electron chi connectivity index (χ3n) is 2.16. The highest BCUT2D eigenvalue weighted by Crippen LogP contribution is 2.04. The third-order valence-corrected chi connectivity index (χ3v) is 2.16. The van der Waals surface area contributed by atoms with Crippen molar-refractivity contribution < 1.29 is 9.59 Å². The molecule has 2 atom stereocenters. The van der Waals surface area contributed by atoms with Gasteiger partial charge in [-0.1, -0.05) is 0 Å². The number of rotatable bonds is 3. The average molecular weight is 185 g/mol. The van der Waals surface area contributed by atoms with Crippen LogP contribution in [0.5, 0.6) is 0 Å². The van der Waals surface area contributed by atoms with Crippen molar-refractivity contribution in [1.29, 1.82) is 0 Å². The molecule has 0 aromatic carbocycles. The molecular formula is C8H15N3O2. The van der Waals surface area contributed by atoms with E-state index >= 15 is 0 Å². The van der Waals surface area contributed by atoms with Crippen LogP contribution < -0.4 is 16.4 Å². The molecule has 1 heterocycles. The molecule has 1 saturated heterocycles. The van der Waals surface area contributed by atoms with Gasteiger partial charge in [-0.15, -0.1) is 0 Å². The van der Waals surface area contributed by atoms with Gasteiger partial charge in [-0.05, 0) is 26.3 Å². The van der Waals surface area contributed by atoms with Gasteiger partial charge in [-0.25, -0.2) is 0 Å². The molecule has 0 aromatic heterocycles. The van der Waals surface area contributed by atoms with E-state index in [2.05, 4.69) is 10.6 Å². The molecule has 0 aliphatic carbocycles. The first kappa shape index (κ1) is 9.98. The van der Waals surface area contributed by atoms with Crippen LogP contribution in [0.1, 0.15) is 19.8 Å². The Kier molecular flexibility index (Phi) is 3.25. The largest absolute Gasteiger partial charge is 0.368 e. The number of carbonyl (C=O) groups excluding carboxylic acids is 2. The van der Waals surface area contributed by atoms with Gasteiger partial charge < -0.3 is 16.4 Å². The van der Waals surface area contributed by atoms with E-state index < -0.39 is 11.9 Å². The number of carbonyl (C=O) groups is 2. The van der Waals surface area contributed by atoms with Crippen LogP contribution in [0, 0.1) is 0 Å². The van der Waals surface area contributed by atoms with Gasteiger partial charge in [-0.3, -0.25) is 9.59 Å². The van der Waals surface area contributed by atoms with Gasteiger partial charge in [0.05, 0.1) is 6.04 Å². The average Bonchev–Trinajstić information content (AvgIpc) is 2.55. The van der Waals surface area contributed by atoms with Gasteiger partial charge in [-0.2, -0.15) is 0 Å². The summed E-state index contributed by atoms with van der Waals surface area (Å²) in [5.74, 6) is -0.643. The zero-order valence-corrected chi connectivity index (χ0v) is 7.67. The van der Waals surface area contributed by atoms with Gasteiger partial charge in [0.1, 0.15) is 6.04 Å². The lowest BCUT2D eigenvalue weighted by Gasteiger charge is -2.14. The minimum Gasteiger partial charge on any atom is -0.368 e. The second kappa shape index (κ2) is 4.23. The van der Waals surface area contributed by atoms with Gasteiger partial charge in [0.2, 0.25) is 11.8 Å². The molecule has 4 N–H and O–H groups in total.